The van der Waals surface area contributed by atoms with E-state index in [0.29, 0.717) is 5.92 Å². The van der Waals surface area contributed by atoms with Crippen LogP contribution < -0.4 is 10.6 Å². The summed E-state index contributed by atoms with van der Waals surface area (Å²) in [6, 6.07) is 8.80. The molecule has 2 N–H and O–H groups in total. The molecule has 1 aromatic carbocycles. The normalized spacial score (nSPS) is 12.0. The number of nitrogens with zero attached hydrogens (tertiary/aromatic N) is 2. The van der Waals surface area contributed by atoms with Gasteiger partial charge in [-0.05, 0) is 36.6 Å². The summed E-state index contributed by atoms with van der Waals surface area (Å²) >= 11 is 0. The summed E-state index contributed by atoms with van der Waals surface area (Å²) in [6.07, 6.45) is 1.15. The van der Waals surface area contributed by atoms with Crippen LogP contribution in [0.2, 0.25) is 0 Å². The summed E-state index contributed by atoms with van der Waals surface area (Å²) in [6.45, 7) is 13.8. The monoisotopic (exact) mass is 318 g/mol. The Kier molecular flexibility index (Phi) is 9.37. The maximum Gasteiger partial charge on any atom is 0.191 e. The van der Waals surface area contributed by atoms with Gasteiger partial charge < -0.3 is 10.6 Å². The second-order valence-corrected chi connectivity index (χ2v) is 6.32. The van der Waals surface area contributed by atoms with Crippen molar-refractivity contribution in [2.24, 2.45) is 10.9 Å². The van der Waals surface area contributed by atoms with Gasteiger partial charge >= 0.3 is 0 Å². The fourth-order valence-electron chi connectivity index (χ4n) is 2.43. The molecule has 0 aliphatic rings. The molecule has 0 bridgehead atoms. The maximum absolute atomic E-state index is 4.28. The minimum Gasteiger partial charge on any atom is -0.356 e. The lowest BCUT2D eigenvalue weighted by Crippen LogP contribution is -2.37. The van der Waals surface area contributed by atoms with Gasteiger partial charge in [0.25, 0.3) is 0 Å². The maximum atomic E-state index is 4.28. The van der Waals surface area contributed by atoms with Crippen molar-refractivity contribution in [3.63, 3.8) is 0 Å². The average Bonchev–Trinajstić information content (AvgIpc) is 2.55. The van der Waals surface area contributed by atoms with Crippen LogP contribution in [0.15, 0.2) is 29.3 Å². The van der Waals surface area contributed by atoms with Crippen molar-refractivity contribution in [1.29, 1.82) is 0 Å². The van der Waals surface area contributed by atoms with Crippen LogP contribution in [-0.4, -0.2) is 37.5 Å². The molecule has 0 aliphatic carbocycles. The second kappa shape index (κ2) is 11.1. The molecule has 0 aliphatic heterocycles. The molecule has 0 atom stereocenters. The lowest BCUT2D eigenvalue weighted by atomic mass is 10.1. The number of aliphatic imine (C=N–C) groups is 1. The van der Waals surface area contributed by atoms with Gasteiger partial charge in [0.1, 0.15) is 0 Å². The van der Waals surface area contributed by atoms with Gasteiger partial charge in [-0.25, -0.2) is 0 Å². The van der Waals surface area contributed by atoms with E-state index in [1.165, 1.54) is 11.1 Å². The molecule has 0 heterocycles. The number of benzene rings is 1. The minimum atomic E-state index is 0.706. The minimum absolute atomic E-state index is 0.706. The van der Waals surface area contributed by atoms with Crippen LogP contribution in [0.1, 0.15) is 45.2 Å². The molecule has 130 valence electrons. The summed E-state index contributed by atoms with van der Waals surface area (Å²) in [5.41, 5.74) is 2.66. The van der Waals surface area contributed by atoms with Gasteiger partial charge in [0.05, 0.1) is 0 Å². The Hall–Kier alpha value is -1.55. The molecule has 0 spiro atoms. The standard InChI is InChI=1S/C19H34N4/c1-6-23(7-2)15-18-10-8-9-17(13-18)14-22-19(20-5)21-12-11-16(3)4/h8-10,13,16H,6-7,11-12,14-15H2,1-5H3,(H2,20,21,22). The zero-order chi connectivity index (χ0) is 17.1. The fourth-order valence-corrected chi connectivity index (χ4v) is 2.43. The van der Waals surface area contributed by atoms with Crippen molar-refractivity contribution >= 4 is 5.96 Å². The van der Waals surface area contributed by atoms with Crippen molar-refractivity contribution in [3.8, 4) is 0 Å². The van der Waals surface area contributed by atoms with Crippen LogP contribution in [0, 0.1) is 5.92 Å². The Labute approximate surface area is 142 Å². The SMILES string of the molecule is CCN(CC)Cc1cccc(CNC(=NC)NCCC(C)C)c1. The fraction of sp³-hybridized carbons (Fsp3) is 0.632. The van der Waals surface area contributed by atoms with Gasteiger partial charge in [-0.15, -0.1) is 0 Å². The Morgan fingerprint density at radius 3 is 2.43 bits per heavy atom. The number of guanidine groups is 1. The van der Waals surface area contributed by atoms with E-state index in [2.05, 4.69) is 72.5 Å². The van der Waals surface area contributed by atoms with Crippen molar-refractivity contribution in [3.05, 3.63) is 35.4 Å². The molecule has 0 amide bonds. The zero-order valence-corrected chi connectivity index (χ0v) is 15.5. The van der Waals surface area contributed by atoms with E-state index < -0.39 is 0 Å². The van der Waals surface area contributed by atoms with E-state index >= 15 is 0 Å². The predicted octanol–water partition coefficient (Wildman–Crippen LogP) is 3.24. The molecule has 0 saturated carbocycles. The van der Waals surface area contributed by atoms with Gasteiger partial charge in [-0.1, -0.05) is 52.0 Å². The third-order valence-electron chi connectivity index (χ3n) is 3.99. The lowest BCUT2D eigenvalue weighted by Gasteiger charge is -2.18. The molecule has 1 rings (SSSR count). The van der Waals surface area contributed by atoms with Crippen molar-refractivity contribution in [2.75, 3.05) is 26.7 Å². The summed E-state index contributed by atoms with van der Waals surface area (Å²) in [4.78, 5) is 6.71. The summed E-state index contributed by atoms with van der Waals surface area (Å²) in [5.74, 6) is 1.58. The highest BCUT2D eigenvalue weighted by Gasteiger charge is 2.03. The third-order valence-corrected chi connectivity index (χ3v) is 3.99. The van der Waals surface area contributed by atoms with E-state index in [1.807, 2.05) is 7.05 Å². The largest absolute Gasteiger partial charge is 0.356 e. The first-order valence-electron chi connectivity index (χ1n) is 8.83. The highest BCUT2D eigenvalue weighted by molar-refractivity contribution is 5.79. The Morgan fingerprint density at radius 2 is 1.83 bits per heavy atom. The molecule has 23 heavy (non-hydrogen) atoms. The van der Waals surface area contributed by atoms with Crippen LogP contribution >= 0.6 is 0 Å². The van der Waals surface area contributed by atoms with Crippen LogP contribution in [0.25, 0.3) is 0 Å². The highest BCUT2D eigenvalue weighted by Crippen LogP contribution is 2.08. The van der Waals surface area contributed by atoms with Gasteiger partial charge in [0.15, 0.2) is 5.96 Å². The quantitative estimate of drug-likeness (QED) is 0.542. The first-order chi connectivity index (χ1) is 11.1. The van der Waals surface area contributed by atoms with Crippen LogP contribution in [0.5, 0.6) is 0 Å². The summed E-state index contributed by atoms with van der Waals surface area (Å²) in [5, 5.41) is 6.76. The van der Waals surface area contributed by atoms with E-state index in [9.17, 15) is 0 Å². The Bertz CT molecular complexity index is 464. The molecule has 0 saturated heterocycles. The first-order valence-corrected chi connectivity index (χ1v) is 8.83. The summed E-state index contributed by atoms with van der Waals surface area (Å²) in [7, 11) is 1.82. The molecule has 0 unspecified atom stereocenters. The number of nitrogens with one attached hydrogen (secondary N) is 2. The van der Waals surface area contributed by atoms with E-state index in [-0.39, 0.29) is 0 Å². The van der Waals surface area contributed by atoms with Gasteiger partial charge in [-0.2, -0.15) is 0 Å². The third kappa shape index (κ3) is 8.03. The lowest BCUT2D eigenvalue weighted by molar-refractivity contribution is 0.296. The number of rotatable bonds is 9. The van der Waals surface area contributed by atoms with Gasteiger partial charge in [0, 0.05) is 26.7 Å². The smallest absolute Gasteiger partial charge is 0.191 e. The van der Waals surface area contributed by atoms with Crippen molar-refractivity contribution in [2.45, 2.75) is 47.2 Å². The number of hydrogen-bond donors (Lipinski definition) is 2. The Morgan fingerprint density at radius 1 is 1.13 bits per heavy atom. The topological polar surface area (TPSA) is 39.7 Å². The van der Waals surface area contributed by atoms with Gasteiger partial charge in [-0.3, -0.25) is 9.89 Å². The summed E-state index contributed by atoms with van der Waals surface area (Å²) < 4.78 is 0. The van der Waals surface area contributed by atoms with Gasteiger partial charge in [0.2, 0.25) is 0 Å². The van der Waals surface area contributed by atoms with E-state index in [4.69, 9.17) is 0 Å². The van der Waals surface area contributed by atoms with Crippen LogP contribution in [-0.2, 0) is 13.1 Å². The highest BCUT2D eigenvalue weighted by atomic mass is 15.2. The molecule has 4 heteroatoms. The number of hydrogen-bond acceptors (Lipinski definition) is 2. The van der Waals surface area contributed by atoms with Crippen molar-refractivity contribution in [1.82, 2.24) is 15.5 Å². The van der Waals surface area contributed by atoms with Crippen LogP contribution in [0.4, 0.5) is 0 Å². The average molecular weight is 319 g/mol. The predicted molar refractivity (Wildman–Crippen MR) is 101 cm³/mol. The molecule has 1 aromatic rings. The molecule has 0 aromatic heterocycles. The first kappa shape index (κ1) is 19.5. The van der Waals surface area contributed by atoms with E-state index in [0.717, 1.165) is 45.1 Å². The zero-order valence-electron chi connectivity index (χ0n) is 15.5. The molecule has 4 nitrogen and oxygen atoms in total. The molecule has 0 radical (unpaired) electrons. The Balaban J connectivity index is 2.50. The van der Waals surface area contributed by atoms with E-state index in [1.54, 1.807) is 0 Å². The molecular weight excluding hydrogens is 284 g/mol. The van der Waals surface area contributed by atoms with Crippen LogP contribution in [0.3, 0.4) is 0 Å². The second-order valence-electron chi connectivity index (χ2n) is 6.32. The van der Waals surface area contributed by atoms with Crippen molar-refractivity contribution < 1.29 is 0 Å². The molecular formula is C19H34N4. The molecule has 0 fully saturated rings.